The van der Waals surface area contributed by atoms with Gasteiger partial charge in [-0.25, -0.2) is 9.18 Å². The molecule has 0 aromatic heterocycles. The summed E-state index contributed by atoms with van der Waals surface area (Å²) in [6.07, 6.45) is -0.0282. The number of amides is 2. The molecule has 0 aliphatic carbocycles. The van der Waals surface area contributed by atoms with E-state index in [4.69, 9.17) is 4.74 Å². The number of ether oxygens (including phenoxy) is 1. The maximum atomic E-state index is 13.6. The quantitative estimate of drug-likeness (QED) is 0.512. The third-order valence-electron chi connectivity index (χ3n) is 6.97. The molecule has 1 saturated heterocycles. The Morgan fingerprint density at radius 2 is 1.92 bits per heavy atom. The van der Waals surface area contributed by atoms with Gasteiger partial charge in [-0.15, -0.1) is 0 Å². The van der Waals surface area contributed by atoms with Crippen molar-refractivity contribution in [3.63, 3.8) is 0 Å². The second-order valence-corrected chi connectivity index (χ2v) is 9.52. The third kappa shape index (κ3) is 6.22. The lowest BCUT2D eigenvalue weighted by Crippen LogP contribution is -2.48. The lowest BCUT2D eigenvalue weighted by Gasteiger charge is -2.34. The van der Waals surface area contributed by atoms with Gasteiger partial charge in [0.1, 0.15) is 17.3 Å². The predicted molar refractivity (Wildman–Crippen MR) is 140 cm³/mol. The largest absolute Gasteiger partial charge is 0.508 e. The van der Waals surface area contributed by atoms with Crippen molar-refractivity contribution >= 4 is 17.7 Å². The van der Waals surface area contributed by atoms with Crippen LogP contribution < -0.4 is 10.1 Å². The Labute approximate surface area is 221 Å². The van der Waals surface area contributed by atoms with Gasteiger partial charge in [0.25, 0.3) is 0 Å². The number of carboxylic acid groups (broad SMARTS) is 1. The van der Waals surface area contributed by atoms with Crippen molar-refractivity contribution in [3.05, 3.63) is 59.4 Å². The van der Waals surface area contributed by atoms with Crippen LogP contribution in [0.15, 0.2) is 47.6 Å². The minimum Gasteiger partial charge on any atom is -0.508 e. The Morgan fingerprint density at radius 3 is 2.58 bits per heavy atom. The summed E-state index contributed by atoms with van der Waals surface area (Å²) in [5, 5.41) is 27.5. The summed E-state index contributed by atoms with van der Waals surface area (Å²) >= 11 is 0. The van der Waals surface area contributed by atoms with Crippen molar-refractivity contribution in [2.75, 3.05) is 52.9 Å². The number of carbonyl (C=O) groups excluding carboxylic acids is 1. The van der Waals surface area contributed by atoms with E-state index in [0.717, 1.165) is 44.3 Å². The molecule has 0 unspecified atom stereocenters. The molecule has 0 spiro atoms. The third-order valence-corrected chi connectivity index (χ3v) is 6.97. The van der Waals surface area contributed by atoms with Gasteiger partial charge in [-0.2, -0.15) is 10.1 Å². The van der Waals surface area contributed by atoms with Gasteiger partial charge in [0.15, 0.2) is 0 Å². The Balaban J connectivity index is 0.000000206. The number of phenols is 1. The van der Waals surface area contributed by atoms with Crippen LogP contribution >= 0.6 is 0 Å². The van der Waals surface area contributed by atoms with Crippen LogP contribution in [0.2, 0.25) is 0 Å². The number of hydrazone groups is 1. The minimum absolute atomic E-state index is 0.0365. The zero-order valence-electron chi connectivity index (χ0n) is 21.6. The molecule has 5 rings (SSSR count). The highest BCUT2D eigenvalue weighted by Crippen LogP contribution is 2.43. The van der Waals surface area contributed by atoms with Gasteiger partial charge in [-0.1, -0.05) is 12.1 Å². The molecule has 2 amide bonds. The molecule has 0 radical (unpaired) electrons. The number of fused-ring (bicyclic) bond motifs is 3. The van der Waals surface area contributed by atoms with E-state index in [1.165, 1.54) is 36.8 Å². The van der Waals surface area contributed by atoms with Crippen LogP contribution in [-0.4, -0.2) is 95.7 Å². The highest BCUT2D eigenvalue weighted by Gasteiger charge is 2.45. The van der Waals surface area contributed by atoms with Crippen molar-refractivity contribution in [1.29, 1.82) is 0 Å². The van der Waals surface area contributed by atoms with E-state index in [0.29, 0.717) is 22.6 Å². The SMILES string of the molecule is CNCCCN1CCN(C(C)=O)CC1.O=C(O)N1N=C2c3cc(F)ccc3OC[C@@H]2[C@H]1c1cccc(O)c1. The first-order chi connectivity index (χ1) is 18.3. The average Bonchev–Trinajstić information content (AvgIpc) is 3.30. The first kappa shape index (κ1) is 27.3. The maximum absolute atomic E-state index is 13.6. The van der Waals surface area contributed by atoms with Crippen LogP contribution in [0, 0.1) is 11.7 Å². The molecule has 204 valence electrons. The van der Waals surface area contributed by atoms with Gasteiger partial charge in [0.2, 0.25) is 5.91 Å². The Kier molecular flexibility index (Phi) is 8.80. The van der Waals surface area contributed by atoms with Crippen LogP contribution in [0.1, 0.15) is 30.5 Å². The first-order valence-electron chi connectivity index (χ1n) is 12.7. The van der Waals surface area contributed by atoms with Crippen molar-refractivity contribution in [2.24, 2.45) is 11.0 Å². The fourth-order valence-corrected chi connectivity index (χ4v) is 5.01. The highest BCUT2D eigenvalue weighted by atomic mass is 19.1. The fraction of sp³-hybridized carbons (Fsp3) is 0.444. The first-order valence-corrected chi connectivity index (χ1v) is 12.7. The Morgan fingerprint density at radius 1 is 1.16 bits per heavy atom. The molecule has 0 bridgehead atoms. The molecule has 2 atom stereocenters. The lowest BCUT2D eigenvalue weighted by atomic mass is 9.86. The molecule has 2 aromatic carbocycles. The number of hydrogen-bond donors (Lipinski definition) is 3. The molecule has 38 heavy (non-hydrogen) atoms. The molecule has 3 aliphatic rings. The molecule has 3 N–H and O–H groups in total. The van der Waals surface area contributed by atoms with E-state index in [-0.39, 0.29) is 24.2 Å². The normalized spacial score (nSPS) is 20.4. The average molecular weight is 528 g/mol. The number of carbonyl (C=O) groups is 2. The second-order valence-electron chi connectivity index (χ2n) is 9.52. The Hall–Kier alpha value is -3.70. The predicted octanol–water partition coefficient (Wildman–Crippen LogP) is 2.74. The molecule has 3 heterocycles. The smallest absolute Gasteiger partial charge is 0.428 e. The van der Waals surface area contributed by atoms with Gasteiger partial charge in [0, 0.05) is 38.7 Å². The Bertz CT molecular complexity index is 1180. The van der Waals surface area contributed by atoms with Crippen molar-refractivity contribution in [3.8, 4) is 11.5 Å². The second kappa shape index (κ2) is 12.2. The van der Waals surface area contributed by atoms with Gasteiger partial charge >= 0.3 is 6.09 Å². The zero-order valence-corrected chi connectivity index (χ0v) is 21.6. The van der Waals surface area contributed by atoms with Gasteiger partial charge in [0.05, 0.1) is 24.3 Å². The van der Waals surface area contributed by atoms with Crippen molar-refractivity contribution < 1.29 is 28.9 Å². The van der Waals surface area contributed by atoms with Crippen molar-refractivity contribution in [2.45, 2.75) is 19.4 Å². The molecule has 11 heteroatoms. The van der Waals surface area contributed by atoms with Crippen LogP contribution in [-0.2, 0) is 4.79 Å². The number of rotatable bonds is 5. The number of aromatic hydroxyl groups is 1. The number of benzene rings is 2. The summed E-state index contributed by atoms with van der Waals surface area (Å²) in [6, 6.07) is 9.83. The monoisotopic (exact) mass is 527 g/mol. The summed E-state index contributed by atoms with van der Waals surface area (Å²) in [5.41, 5.74) is 1.54. The topological polar surface area (TPSA) is 118 Å². The molecule has 2 aromatic rings. The van der Waals surface area contributed by atoms with E-state index < -0.39 is 18.0 Å². The number of phenolic OH excluding ortho intramolecular Hbond substituents is 1. The number of nitrogens with one attached hydrogen (secondary N) is 1. The number of halogens is 1. The van der Waals surface area contributed by atoms with E-state index in [1.54, 1.807) is 19.1 Å². The molecule has 10 nitrogen and oxygen atoms in total. The van der Waals surface area contributed by atoms with Gasteiger partial charge < -0.3 is 25.2 Å². The van der Waals surface area contributed by atoms with Crippen LogP contribution in [0.5, 0.6) is 11.5 Å². The summed E-state index contributed by atoms with van der Waals surface area (Å²) in [7, 11) is 1.98. The molecule has 3 aliphatic heterocycles. The van der Waals surface area contributed by atoms with Gasteiger partial charge in [-0.05, 0) is 62.5 Å². The number of piperazine rings is 1. The van der Waals surface area contributed by atoms with E-state index >= 15 is 0 Å². The summed E-state index contributed by atoms with van der Waals surface area (Å²) in [4.78, 5) is 27.0. The van der Waals surface area contributed by atoms with E-state index in [2.05, 4.69) is 15.3 Å². The minimum atomic E-state index is -1.22. The van der Waals surface area contributed by atoms with Gasteiger partial charge in [-0.3, -0.25) is 9.69 Å². The lowest BCUT2D eigenvalue weighted by molar-refractivity contribution is -0.130. The summed E-state index contributed by atoms with van der Waals surface area (Å²) < 4.78 is 19.3. The molecule has 0 saturated carbocycles. The highest BCUT2D eigenvalue weighted by molar-refractivity contribution is 6.07. The van der Waals surface area contributed by atoms with E-state index in [9.17, 15) is 24.2 Å². The van der Waals surface area contributed by atoms with Crippen LogP contribution in [0.3, 0.4) is 0 Å². The van der Waals surface area contributed by atoms with Crippen molar-refractivity contribution in [1.82, 2.24) is 20.1 Å². The zero-order chi connectivity index (χ0) is 27.2. The fourth-order valence-electron chi connectivity index (χ4n) is 5.01. The summed E-state index contributed by atoms with van der Waals surface area (Å²) in [6.45, 7) is 7.95. The maximum Gasteiger partial charge on any atom is 0.428 e. The number of hydrogen-bond acceptors (Lipinski definition) is 7. The molecular weight excluding hydrogens is 493 g/mol. The van der Waals surface area contributed by atoms with E-state index in [1.807, 2.05) is 11.9 Å². The number of nitrogens with zero attached hydrogens (tertiary/aromatic N) is 4. The van der Waals surface area contributed by atoms with Crippen LogP contribution in [0.25, 0.3) is 0 Å². The molecular formula is C27H34FN5O5. The molecule has 1 fully saturated rings. The summed E-state index contributed by atoms with van der Waals surface area (Å²) in [5.74, 6) is -0.0942. The van der Waals surface area contributed by atoms with Crippen LogP contribution in [0.4, 0.5) is 9.18 Å². The standard InChI is InChI=1S/C17H13FN2O4.C10H21N3O/c18-10-4-5-14-12(7-10)15-13(8-24-14)16(20(19-15)17(22)23)9-2-1-3-11(21)6-9;1-10(14)13-8-6-12(7-9-13)5-3-4-11-2/h1-7,13,16,21H,8H2,(H,22,23);11H,3-9H2,1-2H3/t13-,16+;/m0./s1.